The molecule has 0 radical (unpaired) electrons. The van der Waals surface area contributed by atoms with E-state index >= 15 is 0 Å². The van der Waals surface area contributed by atoms with E-state index in [-0.39, 0.29) is 5.57 Å². The highest BCUT2D eigenvalue weighted by Crippen LogP contribution is 2.24. The highest BCUT2D eigenvalue weighted by atomic mass is 16.5. The first kappa shape index (κ1) is 18.3. The summed E-state index contributed by atoms with van der Waals surface area (Å²) in [5.74, 6) is 0.484. The molecule has 5 heteroatoms. The predicted molar refractivity (Wildman–Crippen MR) is 106 cm³/mol. The molecular formula is C22H21N3O2. The van der Waals surface area contributed by atoms with Crippen LogP contribution in [-0.2, 0) is 11.3 Å². The van der Waals surface area contributed by atoms with Crippen LogP contribution in [0, 0.1) is 18.3 Å². The van der Waals surface area contributed by atoms with Crippen molar-refractivity contribution in [3.63, 3.8) is 0 Å². The van der Waals surface area contributed by atoms with E-state index in [1.165, 1.54) is 7.05 Å². The summed E-state index contributed by atoms with van der Waals surface area (Å²) >= 11 is 0. The average molecular weight is 359 g/mol. The zero-order chi connectivity index (χ0) is 19.2. The standard InChI is InChI=1S/C22H21N3O2/c1-16-7-3-6-10-21(16)27-12-11-25-15-18(13-17(14-23)22(26)24-2)19-8-4-5-9-20(19)25/h3-10,13,15H,11-12H2,1-2H3,(H,24,26). The number of carbonyl (C=O) groups is 1. The van der Waals surface area contributed by atoms with Gasteiger partial charge in [0.1, 0.15) is 24.0 Å². The van der Waals surface area contributed by atoms with Crippen LogP contribution in [-0.4, -0.2) is 24.1 Å². The quantitative estimate of drug-likeness (QED) is 0.539. The second kappa shape index (κ2) is 8.24. The zero-order valence-corrected chi connectivity index (χ0v) is 15.4. The third-order valence-electron chi connectivity index (χ3n) is 4.39. The zero-order valence-electron chi connectivity index (χ0n) is 15.4. The van der Waals surface area contributed by atoms with Crippen molar-refractivity contribution in [1.29, 1.82) is 5.26 Å². The first-order chi connectivity index (χ1) is 13.1. The molecule has 0 saturated heterocycles. The van der Waals surface area contributed by atoms with Gasteiger partial charge in [-0.05, 0) is 30.7 Å². The molecule has 27 heavy (non-hydrogen) atoms. The molecule has 0 atom stereocenters. The molecule has 3 aromatic rings. The topological polar surface area (TPSA) is 67.0 Å². The molecule has 1 amide bonds. The lowest BCUT2D eigenvalue weighted by atomic mass is 10.1. The number of aromatic nitrogens is 1. The van der Waals surface area contributed by atoms with Crippen LogP contribution in [0.2, 0.25) is 0 Å². The molecule has 0 spiro atoms. The van der Waals surface area contributed by atoms with Crippen LogP contribution in [0.25, 0.3) is 17.0 Å². The van der Waals surface area contributed by atoms with Gasteiger partial charge in [0.05, 0.1) is 6.54 Å². The molecule has 3 rings (SSSR count). The smallest absolute Gasteiger partial charge is 0.261 e. The maximum Gasteiger partial charge on any atom is 0.261 e. The maximum atomic E-state index is 11.8. The van der Waals surface area contributed by atoms with Gasteiger partial charge in [0.15, 0.2) is 0 Å². The highest BCUT2D eigenvalue weighted by Gasteiger charge is 2.11. The molecule has 1 aromatic heterocycles. The number of nitrogens with one attached hydrogen (secondary N) is 1. The molecule has 0 aliphatic heterocycles. The second-order valence-electron chi connectivity index (χ2n) is 6.16. The predicted octanol–water partition coefficient (Wildman–Crippen LogP) is 3.68. The molecule has 1 heterocycles. The fraction of sp³-hybridized carbons (Fsp3) is 0.182. The average Bonchev–Trinajstić information content (AvgIpc) is 3.04. The minimum atomic E-state index is -0.391. The van der Waals surface area contributed by atoms with Crippen LogP contribution in [0.15, 0.2) is 60.3 Å². The molecule has 5 nitrogen and oxygen atoms in total. The lowest BCUT2D eigenvalue weighted by Crippen LogP contribution is -2.19. The number of hydrogen-bond donors (Lipinski definition) is 1. The lowest BCUT2D eigenvalue weighted by molar-refractivity contribution is -0.116. The van der Waals surface area contributed by atoms with Gasteiger partial charge in [0.25, 0.3) is 5.91 Å². The Morgan fingerprint density at radius 1 is 1.22 bits per heavy atom. The largest absolute Gasteiger partial charge is 0.491 e. The van der Waals surface area contributed by atoms with Gasteiger partial charge in [-0.3, -0.25) is 4.79 Å². The summed E-state index contributed by atoms with van der Waals surface area (Å²) in [6.07, 6.45) is 3.58. The summed E-state index contributed by atoms with van der Waals surface area (Å²) in [5, 5.41) is 12.7. The van der Waals surface area contributed by atoms with E-state index in [4.69, 9.17) is 4.74 Å². The van der Waals surface area contributed by atoms with E-state index in [2.05, 4.69) is 9.88 Å². The Morgan fingerprint density at radius 3 is 2.70 bits per heavy atom. The van der Waals surface area contributed by atoms with Crippen LogP contribution in [0.5, 0.6) is 5.75 Å². The fourth-order valence-electron chi connectivity index (χ4n) is 2.99. The number of nitriles is 1. The Hall–Kier alpha value is -3.52. The van der Waals surface area contributed by atoms with Crippen LogP contribution in [0.3, 0.4) is 0 Å². The summed E-state index contributed by atoms with van der Waals surface area (Å²) in [6, 6.07) is 17.8. The second-order valence-corrected chi connectivity index (χ2v) is 6.16. The third kappa shape index (κ3) is 4.01. The summed E-state index contributed by atoms with van der Waals surface area (Å²) in [4.78, 5) is 11.8. The van der Waals surface area contributed by atoms with Crippen molar-refractivity contribution in [2.24, 2.45) is 0 Å². The Bertz CT molecular complexity index is 1040. The molecule has 0 aliphatic rings. The van der Waals surface area contributed by atoms with Gasteiger partial charge >= 0.3 is 0 Å². The van der Waals surface area contributed by atoms with Crippen LogP contribution in [0.4, 0.5) is 0 Å². The minimum Gasteiger partial charge on any atom is -0.491 e. The number of amides is 1. The Morgan fingerprint density at radius 2 is 1.96 bits per heavy atom. The van der Waals surface area contributed by atoms with Gasteiger partial charge in [0.2, 0.25) is 0 Å². The van der Waals surface area contributed by atoms with Crippen molar-refractivity contribution >= 4 is 22.9 Å². The number of nitrogens with zero attached hydrogens (tertiary/aromatic N) is 2. The number of ether oxygens (including phenoxy) is 1. The van der Waals surface area contributed by atoms with E-state index in [1.807, 2.05) is 67.7 Å². The summed E-state index contributed by atoms with van der Waals surface area (Å²) < 4.78 is 7.99. The van der Waals surface area contributed by atoms with Crippen LogP contribution >= 0.6 is 0 Å². The number of aryl methyl sites for hydroxylation is 1. The molecule has 1 N–H and O–H groups in total. The normalized spacial score (nSPS) is 11.2. The number of hydrogen-bond acceptors (Lipinski definition) is 3. The SMILES string of the molecule is CNC(=O)C(C#N)=Cc1cn(CCOc2ccccc2C)c2ccccc12. The molecule has 2 aromatic carbocycles. The van der Waals surface area contributed by atoms with Crippen LogP contribution < -0.4 is 10.1 Å². The summed E-state index contributed by atoms with van der Waals surface area (Å²) in [5.41, 5.74) is 3.05. The van der Waals surface area contributed by atoms with Crippen molar-refractivity contribution in [2.45, 2.75) is 13.5 Å². The van der Waals surface area contributed by atoms with Crippen molar-refractivity contribution in [2.75, 3.05) is 13.7 Å². The van der Waals surface area contributed by atoms with Crippen LogP contribution in [0.1, 0.15) is 11.1 Å². The van der Waals surface area contributed by atoms with Crippen molar-refractivity contribution in [3.05, 3.63) is 71.4 Å². The monoisotopic (exact) mass is 359 g/mol. The van der Waals surface area contributed by atoms with E-state index in [1.54, 1.807) is 6.08 Å². The maximum absolute atomic E-state index is 11.8. The molecule has 0 bridgehead atoms. The van der Waals surface area contributed by atoms with Gasteiger partial charge in [-0.2, -0.15) is 5.26 Å². The fourth-order valence-corrected chi connectivity index (χ4v) is 2.99. The molecule has 0 unspecified atom stereocenters. The minimum absolute atomic E-state index is 0.0802. The van der Waals surface area contributed by atoms with Crippen molar-refractivity contribution in [3.8, 4) is 11.8 Å². The van der Waals surface area contributed by atoms with Crippen molar-refractivity contribution < 1.29 is 9.53 Å². The van der Waals surface area contributed by atoms with Gasteiger partial charge in [0, 0.05) is 29.7 Å². The number of rotatable bonds is 6. The van der Waals surface area contributed by atoms with Crippen molar-refractivity contribution in [1.82, 2.24) is 9.88 Å². The number of carbonyl (C=O) groups excluding carboxylic acids is 1. The number of fused-ring (bicyclic) bond motifs is 1. The van der Waals surface area contributed by atoms with Gasteiger partial charge in [-0.25, -0.2) is 0 Å². The summed E-state index contributed by atoms with van der Waals surface area (Å²) in [7, 11) is 1.51. The number of benzene rings is 2. The highest BCUT2D eigenvalue weighted by molar-refractivity contribution is 6.03. The molecule has 0 fully saturated rings. The Labute approximate surface area is 158 Å². The van der Waals surface area contributed by atoms with Gasteiger partial charge < -0.3 is 14.6 Å². The van der Waals surface area contributed by atoms with E-state index < -0.39 is 5.91 Å². The number of para-hydroxylation sites is 2. The Balaban J connectivity index is 1.87. The van der Waals surface area contributed by atoms with Gasteiger partial charge in [-0.15, -0.1) is 0 Å². The first-order valence-electron chi connectivity index (χ1n) is 8.74. The third-order valence-corrected chi connectivity index (χ3v) is 4.39. The summed E-state index contributed by atoms with van der Waals surface area (Å²) in [6.45, 7) is 3.20. The molecular weight excluding hydrogens is 338 g/mol. The van der Waals surface area contributed by atoms with Gasteiger partial charge in [-0.1, -0.05) is 36.4 Å². The van der Waals surface area contributed by atoms with E-state index in [9.17, 15) is 10.1 Å². The Kier molecular flexibility index (Phi) is 5.58. The van der Waals surface area contributed by atoms with E-state index in [0.717, 1.165) is 27.8 Å². The van der Waals surface area contributed by atoms with E-state index in [0.29, 0.717) is 13.2 Å². The molecule has 0 aliphatic carbocycles. The number of likely N-dealkylation sites (N-methyl/N-ethyl adjacent to an activating group) is 1. The first-order valence-corrected chi connectivity index (χ1v) is 8.74. The molecule has 136 valence electrons. The lowest BCUT2D eigenvalue weighted by Gasteiger charge is -2.10. The molecule has 0 saturated carbocycles.